The van der Waals surface area contributed by atoms with Crippen molar-refractivity contribution in [1.82, 2.24) is 13.7 Å². The van der Waals surface area contributed by atoms with Gasteiger partial charge in [-0.05, 0) is 84.9 Å². The van der Waals surface area contributed by atoms with Crippen LogP contribution in [0.25, 0.3) is 91.7 Å². The summed E-state index contributed by atoms with van der Waals surface area (Å²) in [5.74, 6) is 0. The van der Waals surface area contributed by atoms with Gasteiger partial charge in [0, 0.05) is 70.4 Å². The lowest BCUT2D eigenvalue weighted by Crippen LogP contribution is -1.96. The van der Waals surface area contributed by atoms with Crippen LogP contribution in [0.1, 0.15) is 0 Å². The molecule has 0 radical (unpaired) electrons. The first kappa shape index (κ1) is 26.0. The van der Waals surface area contributed by atoms with Crippen molar-refractivity contribution in [2.75, 3.05) is 0 Å². The van der Waals surface area contributed by atoms with Crippen LogP contribution in [-0.2, 0) is 0 Å². The molecule has 0 saturated heterocycles. The van der Waals surface area contributed by atoms with Gasteiger partial charge in [-0.2, -0.15) is 0 Å². The second-order valence-corrected chi connectivity index (χ2v) is 13.7. The highest BCUT2D eigenvalue weighted by atomic mass is 32.1. The zero-order valence-corrected chi connectivity index (χ0v) is 26.7. The van der Waals surface area contributed by atoms with E-state index in [1.807, 2.05) is 11.3 Å². The van der Waals surface area contributed by atoms with E-state index in [1.165, 1.54) is 80.4 Å². The van der Waals surface area contributed by atoms with Crippen molar-refractivity contribution in [2.45, 2.75) is 0 Å². The van der Waals surface area contributed by atoms with Crippen LogP contribution in [0.3, 0.4) is 0 Å². The Labute approximate surface area is 279 Å². The topological polar surface area (TPSA) is 14.8 Å². The molecule has 4 heterocycles. The molecular formula is C44H27N3S. The van der Waals surface area contributed by atoms with E-state index in [0.29, 0.717) is 0 Å². The van der Waals surface area contributed by atoms with E-state index >= 15 is 0 Å². The van der Waals surface area contributed by atoms with Gasteiger partial charge in [0.2, 0.25) is 0 Å². The van der Waals surface area contributed by atoms with Gasteiger partial charge in [0.1, 0.15) is 0 Å². The number of thiophene rings is 1. The van der Waals surface area contributed by atoms with Crippen LogP contribution in [0.2, 0.25) is 0 Å². The fraction of sp³-hybridized carbons (Fsp3) is 0. The summed E-state index contributed by atoms with van der Waals surface area (Å²) in [4.78, 5) is 0. The molecule has 0 unspecified atom stereocenters. The second-order valence-electron chi connectivity index (χ2n) is 12.6. The molecule has 3 nitrogen and oxygen atoms in total. The molecule has 224 valence electrons. The summed E-state index contributed by atoms with van der Waals surface area (Å²) < 4.78 is 9.84. The number of aromatic nitrogens is 3. The minimum Gasteiger partial charge on any atom is -0.316 e. The van der Waals surface area contributed by atoms with Crippen molar-refractivity contribution < 1.29 is 0 Å². The Bertz CT molecular complexity index is 3050. The molecule has 0 N–H and O–H groups in total. The van der Waals surface area contributed by atoms with Crippen LogP contribution in [0.15, 0.2) is 164 Å². The molecule has 0 fully saturated rings. The normalized spacial score (nSPS) is 12.2. The molecular weight excluding hydrogens is 603 g/mol. The monoisotopic (exact) mass is 629 g/mol. The lowest BCUT2D eigenvalue weighted by molar-refractivity contribution is 1.12. The minimum absolute atomic E-state index is 1.16. The molecule has 0 spiro atoms. The van der Waals surface area contributed by atoms with Gasteiger partial charge in [-0.1, -0.05) is 72.8 Å². The van der Waals surface area contributed by atoms with Gasteiger partial charge in [0.05, 0.1) is 27.6 Å². The van der Waals surface area contributed by atoms with Gasteiger partial charge in [-0.15, -0.1) is 11.3 Å². The zero-order chi connectivity index (χ0) is 31.3. The molecule has 7 aromatic carbocycles. The molecule has 0 saturated carbocycles. The Kier molecular flexibility index (Phi) is 5.26. The summed E-state index contributed by atoms with van der Waals surface area (Å²) in [6.07, 6.45) is 2.19. The molecule has 4 heteroatoms. The van der Waals surface area contributed by atoms with Crippen molar-refractivity contribution in [3.8, 4) is 17.1 Å². The van der Waals surface area contributed by atoms with Gasteiger partial charge in [0.15, 0.2) is 0 Å². The molecule has 0 aliphatic heterocycles. The molecule has 11 rings (SSSR count). The fourth-order valence-electron chi connectivity index (χ4n) is 7.91. The highest BCUT2D eigenvalue weighted by molar-refractivity contribution is 7.25. The minimum atomic E-state index is 1.16. The summed E-state index contributed by atoms with van der Waals surface area (Å²) in [6, 6.07) is 57.8. The maximum atomic E-state index is 2.49. The maximum Gasteiger partial charge on any atom is 0.0562 e. The lowest BCUT2D eigenvalue weighted by atomic mass is 10.1. The molecule has 0 atom stereocenters. The number of rotatable bonds is 3. The summed E-state index contributed by atoms with van der Waals surface area (Å²) in [7, 11) is 0. The third-order valence-electron chi connectivity index (χ3n) is 10.0. The Hall–Kier alpha value is -6.10. The van der Waals surface area contributed by atoms with E-state index < -0.39 is 0 Å². The highest BCUT2D eigenvalue weighted by Gasteiger charge is 2.19. The summed E-state index contributed by atoms with van der Waals surface area (Å²) in [5, 5.41) is 8.93. The fourth-order valence-corrected chi connectivity index (χ4v) is 9.04. The second kappa shape index (κ2) is 9.71. The first-order valence-electron chi connectivity index (χ1n) is 16.4. The van der Waals surface area contributed by atoms with E-state index in [1.54, 1.807) is 0 Å². The van der Waals surface area contributed by atoms with E-state index in [2.05, 4.69) is 178 Å². The number of fused-ring (bicyclic) bond motifs is 10. The van der Waals surface area contributed by atoms with Crippen LogP contribution in [0, 0.1) is 0 Å². The van der Waals surface area contributed by atoms with Gasteiger partial charge in [0.25, 0.3) is 0 Å². The molecule has 0 aliphatic carbocycles. The maximum absolute atomic E-state index is 2.49. The van der Waals surface area contributed by atoms with E-state index in [9.17, 15) is 0 Å². The largest absolute Gasteiger partial charge is 0.316 e. The van der Waals surface area contributed by atoms with Crippen molar-refractivity contribution >= 4 is 86.0 Å². The van der Waals surface area contributed by atoms with Crippen LogP contribution >= 0.6 is 11.3 Å². The lowest BCUT2D eigenvalue weighted by Gasteiger charge is -2.11. The predicted octanol–water partition coefficient (Wildman–Crippen LogP) is 12.2. The van der Waals surface area contributed by atoms with E-state index in [-0.39, 0.29) is 0 Å². The van der Waals surface area contributed by atoms with Crippen LogP contribution in [0.5, 0.6) is 0 Å². The van der Waals surface area contributed by atoms with Crippen LogP contribution < -0.4 is 0 Å². The highest BCUT2D eigenvalue weighted by Crippen LogP contribution is 2.43. The quantitative estimate of drug-likeness (QED) is 0.185. The molecule has 0 amide bonds. The first-order chi connectivity index (χ1) is 23.8. The van der Waals surface area contributed by atoms with Gasteiger partial charge in [-0.3, -0.25) is 0 Å². The van der Waals surface area contributed by atoms with E-state index in [0.717, 1.165) is 11.4 Å². The third-order valence-corrected chi connectivity index (χ3v) is 11.2. The zero-order valence-electron chi connectivity index (χ0n) is 25.8. The van der Waals surface area contributed by atoms with Crippen molar-refractivity contribution in [1.29, 1.82) is 0 Å². The standard InChI is InChI=1S/C44H27N3S/c1-3-11-29(12-4-1)45-22-21-28-23-34-36-26-44-37(33-16-8-10-18-43(33)48-44)25-41(36)47(42(34)27-40(28)45)31-19-20-39-35(24-31)32-15-7-9-17-38(32)46(39)30-13-5-2-6-14-30/h1-27H. The van der Waals surface area contributed by atoms with Crippen molar-refractivity contribution in [3.05, 3.63) is 164 Å². The van der Waals surface area contributed by atoms with Gasteiger partial charge >= 0.3 is 0 Å². The summed E-state index contributed by atoms with van der Waals surface area (Å²) >= 11 is 1.88. The average molecular weight is 630 g/mol. The Morgan fingerprint density at radius 3 is 1.83 bits per heavy atom. The predicted molar refractivity (Wildman–Crippen MR) is 205 cm³/mol. The van der Waals surface area contributed by atoms with Crippen molar-refractivity contribution in [3.63, 3.8) is 0 Å². The first-order valence-corrected chi connectivity index (χ1v) is 17.2. The molecule has 48 heavy (non-hydrogen) atoms. The number of benzene rings is 7. The van der Waals surface area contributed by atoms with Gasteiger partial charge in [-0.25, -0.2) is 0 Å². The average Bonchev–Trinajstić information content (AvgIpc) is 3.89. The third kappa shape index (κ3) is 3.58. The number of para-hydroxylation sites is 3. The Morgan fingerprint density at radius 2 is 0.979 bits per heavy atom. The summed E-state index contributed by atoms with van der Waals surface area (Å²) in [6.45, 7) is 0. The van der Waals surface area contributed by atoms with Crippen LogP contribution in [-0.4, -0.2) is 13.7 Å². The molecule has 4 aromatic heterocycles. The number of hydrogen-bond acceptors (Lipinski definition) is 1. The van der Waals surface area contributed by atoms with Crippen molar-refractivity contribution in [2.24, 2.45) is 0 Å². The van der Waals surface area contributed by atoms with E-state index in [4.69, 9.17) is 0 Å². The van der Waals surface area contributed by atoms with Crippen LogP contribution in [0.4, 0.5) is 0 Å². The smallest absolute Gasteiger partial charge is 0.0562 e. The molecule has 11 aromatic rings. The summed E-state index contributed by atoms with van der Waals surface area (Å²) in [5.41, 5.74) is 9.56. The Balaban J connectivity index is 1.27. The molecule has 0 bridgehead atoms. The molecule has 0 aliphatic rings. The SMILES string of the molecule is c1ccc(-n2ccc3cc4c5cc6sc7ccccc7c6cc5n(-c5ccc6c(c5)c5ccccc5n6-c5ccccc5)c4cc32)cc1. The Morgan fingerprint density at radius 1 is 0.333 bits per heavy atom. The number of hydrogen-bond donors (Lipinski definition) is 0. The number of nitrogens with zero attached hydrogens (tertiary/aromatic N) is 3. The van der Waals surface area contributed by atoms with Gasteiger partial charge < -0.3 is 13.7 Å².